The fourth-order valence-corrected chi connectivity index (χ4v) is 1.99. The first kappa shape index (κ1) is 12.9. The van der Waals surface area contributed by atoms with E-state index in [1.54, 1.807) is 7.05 Å². The minimum Gasteiger partial charge on any atom is -0.373 e. The van der Waals surface area contributed by atoms with Gasteiger partial charge in [-0.25, -0.2) is 15.0 Å². The molecule has 0 aliphatic rings. The Bertz CT molecular complexity index is 625. The van der Waals surface area contributed by atoms with Crippen LogP contribution in [0.2, 0.25) is 0 Å². The van der Waals surface area contributed by atoms with Crippen LogP contribution in [0.1, 0.15) is 11.5 Å². The summed E-state index contributed by atoms with van der Waals surface area (Å²) in [5, 5.41) is 2.96. The van der Waals surface area contributed by atoms with Gasteiger partial charge in [-0.2, -0.15) is 0 Å². The lowest BCUT2D eigenvalue weighted by atomic mass is 10.4. The van der Waals surface area contributed by atoms with Crippen LogP contribution in [0.4, 0.5) is 5.82 Å². The number of hydrogen-bond acceptors (Lipinski definition) is 5. The first-order valence-corrected chi connectivity index (χ1v) is 6.40. The molecule has 2 rings (SSSR count). The maximum atomic E-state index is 11.9. The SMILES string of the molecule is CNc1cc(C)nc(Cn2cncc(I)c2=O)n1. The number of aromatic nitrogens is 4. The molecule has 0 amide bonds. The van der Waals surface area contributed by atoms with E-state index in [9.17, 15) is 4.79 Å². The summed E-state index contributed by atoms with van der Waals surface area (Å²) in [5.41, 5.74) is 0.776. The Morgan fingerprint density at radius 2 is 2.22 bits per heavy atom. The van der Waals surface area contributed by atoms with E-state index in [1.165, 1.54) is 17.1 Å². The molecule has 0 fully saturated rings. The largest absolute Gasteiger partial charge is 0.373 e. The Morgan fingerprint density at radius 3 is 2.94 bits per heavy atom. The van der Waals surface area contributed by atoms with Crippen molar-refractivity contribution >= 4 is 28.4 Å². The summed E-state index contributed by atoms with van der Waals surface area (Å²) in [5.74, 6) is 1.33. The fourth-order valence-electron chi connectivity index (χ4n) is 1.52. The number of rotatable bonds is 3. The molecular formula is C11H12IN5O. The monoisotopic (exact) mass is 357 g/mol. The van der Waals surface area contributed by atoms with Crippen molar-refractivity contribution < 1.29 is 0 Å². The molecule has 0 saturated carbocycles. The zero-order valence-electron chi connectivity index (χ0n) is 10.0. The van der Waals surface area contributed by atoms with Gasteiger partial charge in [-0.1, -0.05) is 0 Å². The van der Waals surface area contributed by atoms with Crippen LogP contribution in [0.3, 0.4) is 0 Å². The van der Waals surface area contributed by atoms with E-state index in [0.717, 1.165) is 11.5 Å². The lowest BCUT2D eigenvalue weighted by Crippen LogP contribution is -2.24. The lowest BCUT2D eigenvalue weighted by molar-refractivity contribution is 0.690. The Labute approximate surface area is 118 Å². The normalized spacial score (nSPS) is 10.4. The number of aryl methyl sites for hydroxylation is 1. The molecule has 2 aromatic heterocycles. The van der Waals surface area contributed by atoms with E-state index in [2.05, 4.69) is 20.3 Å². The van der Waals surface area contributed by atoms with E-state index in [-0.39, 0.29) is 5.56 Å². The molecule has 6 nitrogen and oxygen atoms in total. The van der Waals surface area contributed by atoms with Crippen molar-refractivity contribution in [2.45, 2.75) is 13.5 Å². The minimum absolute atomic E-state index is 0.0817. The number of nitrogens with zero attached hydrogens (tertiary/aromatic N) is 4. The van der Waals surface area contributed by atoms with E-state index in [1.807, 2.05) is 35.6 Å². The molecule has 2 aromatic rings. The Hall–Kier alpha value is -1.51. The Kier molecular flexibility index (Phi) is 3.90. The summed E-state index contributed by atoms with van der Waals surface area (Å²) in [7, 11) is 1.80. The van der Waals surface area contributed by atoms with Crippen molar-refractivity contribution in [3.63, 3.8) is 0 Å². The number of anilines is 1. The molecule has 7 heteroatoms. The van der Waals surface area contributed by atoms with Crippen molar-refractivity contribution in [1.29, 1.82) is 0 Å². The van der Waals surface area contributed by atoms with Crippen LogP contribution in [0.5, 0.6) is 0 Å². The maximum absolute atomic E-state index is 11.9. The molecule has 18 heavy (non-hydrogen) atoms. The molecule has 0 aromatic carbocycles. The topological polar surface area (TPSA) is 72.7 Å². The van der Waals surface area contributed by atoms with E-state index >= 15 is 0 Å². The molecule has 2 heterocycles. The summed E-state index contributed by atoms with van der Waals surface area (Å²) in [6, 6.07) is 1.85. The van der Waals surface area contributed by atoms with Crippen molar-refractivity contribution in [2.24, 2.45) is 0 Å². The smallest absolute Gasteiger partial charge is 0.267 e. The van der Waals surface area contributed by atoms with E-state index in [0.29, 0.717) is 15.9 Å². The van der Waals surface area contributed by atoms with Gasteiger partial charge in [0, 0.05) is 25.0 Å². The highest BCUT2D eigenvalue weighted by Gasteiger charge is 2.05. The molecular weight excluding hydrogens is 345 g/mol. The molecule has 0 bridgehead atoms. The first-order chi connectivity index (χ1) is 8.60. The van der Waals surface area contributed by atoms with Crippen molar-refractivity contribution in [3.05, 3.63) is 44.0 Å². The summed E-state index contributed by atoms with van der Waals surface area (Å²) >= 11 is 1.96. The highest BCUT2D eigenvalue weighted by Crippen LogP contribution is 2.06. The predicted octanol–water partition coefficient (Wildman–Crippen LogP) is 1.04. The molecule has 0 unspecified atom stereocenters. The van der Waals surface area contributed by atoms with Gasteiger partial charge in [-0.05, 0) is 29.5 Å². The molecule has 0 aliphatic carbocycles. The quantitative estimate of drug-likeness (QED) is 0.831. The third-order valence-electron chi connectivity index (χ3n) is 2.33. The standard InChI is InChI=1S/C11H12IN5O/c1-7-3-9(13-2)16-10(15-7)5-17-6-14-4-8(12)11(17)18/h3-4,6H,5H2,1-2H3,(H,13,15,16). The molecule has 94 valence electrons. The molecule has 0 spiro atoms. The zero-order chi connectivity index (χ0) is 13.1. The van der Waals surface area contributed by atoms with Crippen LogP contribution < -0.4 is 10.9 Å². The summed E-state index contributed by atoms with van der Waals surface area (Å²) in [4.78, 5) is 24.5. The van der Waals surface area contributed by atoms with Gasteiger partial charge in [0.05, 0.1) is 16.4 Å². The van der Waals surface area contributed by atoms with Gasteiger partial charge in [0.2, 0.25) is 0 Å². The summed E-state index contributed by atoms with van der Waals surface area (Å²) in [6.45, 7) is 2.21. The van der Waals surface area contributed by atoms with Gasteiger partial charge in [0.15, 0.2) is 5.82 Å². The van der Waals surface area contributed by atoms with Crippen LogP contribution in [0, 0.1) is 10.5 Å². The maximum Gasteiger partial charge on any atom is 0.267 e. The first-order valence-electron chi connectivity index (χ1n) is 5.32. The van der Waals surface area contributed by atoms with Crippen LogP contribution in [-0.4, -0.2) is 26.6 Å². The van der Waals surface area contributed by atoms with Crippen molar-refractivity contribution in [2.75, 3.05) is 12.4 Å². The van der Waals surface area contributed by atoms with Gasteiger partial charge < -0.3 is 5.32 Å². The molecule has 0 radical (unpaired) electrons. The van der Waals surface area contributed by atoms with Gasteiger partial charge >= 0.3 is 0 Å². The average Bonchev–Trinajstić information content (AvgIpc) is 2.34. The second-order valence-electron chi connectivity index (χ2n) is 3.74. The summed E-state index contributed by atoms with van der Waals surface area (Å²) in [6.07, 6.45) is 3.03. The van der Waals surface area contributed by atoms with Crippen LogP contribution in [0.25, 0.3) is 0 Å². The average molecular weight is 357 g/mol. The fraction of sp³-hybridized carbons (Fsp3) is 0.273. The minimum atomic E-state index is -0.0817. The second kappa shape index (κ2) is 5.42. The molecule has 0 aliphatic heterocycles. The third-order valence-corrected chi connectivity index (χ3v) is 3.07. The lowest BCUT2D eigenvalue weighted by Gasteiger charge is -2.07. The number of hydrogen-bond donors (Lipinski definition) is 1. The third kappa shape index (κ3) is 2.84. The highest BCUT2D eigenvalue weighted by molar-refractivity contribution is 14.1. The van der Waals surface area contributed by atoms with Gasteiger partial charge in [-0.15, -0.1) is 0 Å². The summed E-state index contributed by atoms with van der Waals surface area (Å²) < 4.78 is 2.08. The zero-order valence-corrected chi connectivity index (χ0v) is 12.2. The second-order valence-corrected chi connectivity index (χ2v) is 4.90. The van der Waals surface area contributed by atoms with Crippen molar-refractivity contribution in [1.82, 2.24) is 19.5 Å². The number of halogens is 1. The Morgan fingerprint density at radius 1 is 1.44 bits per heavy atom. The van der Waals surface area contributed by atoms with Crippen LogP contribution >= 0.6 is 22.6 Å². The number of nitrogens with one attached hydrogen (secondary N) is 1. The van der Waals surface area contributed by atoms with Gasteiger partial charge in [-0.3, -0.25) is 9.36 Å². The van der Waals surface area contributed by atoms with Crippen molar-refractivity contribution in [3.8, 4) is 0 Å². The predicted molar refractivity (Wildman–Crippen MR) is 76.6 cm³/mol. The van der Waals surface area contributed by atoms with E-state index in [4.69, 9.17) is 0 Å². The van der Waals surface area contributed by atoms with Gasteiger partial charge in [0.25, 0.3) is 5.56 Å². The molecule has 1 N–H and O–H groups in total. The molecule has 0 saturated heterocycles. The van der Waals surface area contributed by atoms with E-state index < -0.39 is 0 Å². The Balaban J connectivity index is 2.37. The van der Waals surface area contributed by atoms with Gasteiger partial charge in [0.1, 0.15) is 5.82 Å². The highest BCUT2D eigenvalue weighted by atomic mass is 127. The molecule has 0 atom stereocenters. The van der Waals surface area contributed by atoms with Crippen LogP contribution in [0.15, 0.2) is 23.4 Å². The van der Waals surface area contributed by atoms with Crippen LogP contribution in [-0.2, 0) is 6.54 Å².